The van der Waals surface area contributed by atoms with Crippen LogP contribution in [0.1, 0.15) is 58.3 Å². The van der Waals surface area contributed by atoms with Crippen LogP contribution in [0, 0.1) is 10.1 Å². The zero-order valence-electron chi connectivity index (χ0n) is 25.1. The molecule has 3 aromatic rings. The maximum Gasteiger partial charge on any atom is 0.408 e. The number of hydrogen-bond acceptors (Lipinski definition) is 11. The summed E-state index contributed by atoms with van der Waals surface area (Å²) in [5, 5.41) is 14.6. The third kappa shape index (κ3) is 7.08. The Balaban J connectivity index is 1.51. The molecule has 238 valence electrons. The number of nitrogens with zero attached hydrogens (tertiary/aromatic N) is 7. The van der Waals surface area contributed by atoms with Crippen LogP contribution < -0.4 is 10.2 Å². The molecule has 2 aliphatic rings. The van der Waals surface area contributed by atoms with E-state index >= 15 is 0 Å². The van der Waals surface area contributed by atoms with E-state index in [1.165, 1.54) is 28.6 Å². The second-order valence-electron chi connectivity index (χ2n) is 11.8. The number of imidazole rings is 1. The number of morpholine rings is 1. The van der Waals surface area contributed by atoms with Crippen LogP contribution in [0.2, 0.25) is 0 Å². The molecule has 1 aromatic carbocycles. The van der Waals surface area contributed by atoms with Gasteiger partial charge in [-0.25, -0.2) is 28.2 Å². The number of nitrogens with one attached hydrogen (secondary N) is 1. The molecule has 1 amide bonds. The Kier molecular flexibility index (Phi) is 9.31. The van der Waals surface area contributed by atoms with E-state index in [4.69, 9.17) is 19.4 Å². The summed E-state index contributed by atoms with van der Waals surface area (Å²) in [5.74, 6) is 1.06. The number of amides is 1. The van der Waals surface area contributed by atoms with Crippen molar-refractivity contribution in [3.05, 3.63) is 46.5 Å². The lowest BCUT2D eigenvalue weighted by atomic mass is 10.1. The topological polar surface area (TPSA) is 175 Å². The lowest BCUT2D eigenvalue weighted by Crippen LogP contribution is -2.38. The van der Waals surface area contributed by atoms with Crippen LogP contribution in [0.15, 0.2) is 35.5 Å². The van der Waals surface area contributed by atoms with Crippen LogP contribution in [0.3, 0.4) is 0 Å². The Hall–Kier alpha value is -3.89. The highest BCUT2D eigenvalue weighted by Gasteiger charge is 2.32. The molecule has 1 saturated heterocycles. The summed E-state index contributed by atoms with van der Waals surface area (Å²) in [6, 6.07) is 4.76. The Bertz CT molecular complexity index is 1620. The van der Waals surface area contributed by atoms with Gasteiger partial charge in [0, 0.05) is 38.8 Å². The lowest BCUT2D eigenvalue weighted by molar-refractivity contribution is -0.387. The second kappa shape index (κ2) is 13.0. The average Bonchev–Trinajstić information content (AvgIpc) is 3.39. The summed E-state index contributed by atoms with van der Waals surface area (Å²) in [7, 11) is -4.17. The normalized spacial score (nSPS) is 19.2. The SMILES string of the molecule is CC(C)(C)OC(=O)N[C@H]1CCCCN(S(=O)(=O)c2ccccc2[N+](=O)[O-])CCCn2cnc3c(N4CCOCC4)nc1nc32. The largest absolute Gasteiger partial charge is 0.444 e. The minimum atomic E-state index is -4.17. The molecule has 0 aliphatic carbocycles. The predicted octanol–water partition coefficient (Wildman–Crippen LogP) is 3.40. The number of alkyl carbamates (subject to hydrolysis) is 1. The van der Waals surface area contributed by atoms with Crippen molar-refractivity contribution in [2.24, 2.45) is 0 Å². The molecule has 1 atom stereocenters. The molecule has 16 heteroatoms. The van der Waals surface area contributed by atoms with Gasteiger partial charge in [0.05, 0.1) is 30.5 Å². The van der Waals surface area contributed by atoms with Gasteiger partial charge >= 0.3 is 6.09 Å². The Labute approximate surface area is 255 Å². The zero-order chi connectivity index (χ0) is 31.5. The fourth-order valence-electron chi connectivity index (χ4n) is 5.35. The van der Waals surface area contributed by atoms with Gasteiger partial charge in [-0.3, -0.25) is 10.1 Å². The van der Waals surface area contributed by atoms with E-state index in [0.717, 1.165) is 0 Å². The van der Waals surface area contributed by atoms with Crippen LogP contribution in [0.5, 0.6) is 0 Å². The Morgan fingerprint density at radius 3 is 2.52 bits per heavy atom. The highest BCUT2D eigenvalue weighted by atomic mass is 32.2. The molecule has 5 rings (SSSR count). The quantitative estimate of drug-likeness (QED) is 0.323. The molecule has 1 fully saturated rings. The molecule has 1 N–H and O–H groups in total. The maximum atomic E-state index is 13.7. The smallest absolute Gasteiger partial charge is 0.408 e. The van der Waals surface area contributed by atoms with Crippen LogP contribution in [-0.2, 0) is 26.0 Å². The number of aromatic nitrogens is 4. The fourth-order valence-corrected chi connectivity index (χ4v) is 7.02. The van der Waals surface area contributed by atoms with Crippen LogP contribution >= 0.6 is 0 Å². The predicted molar refractivity (Wildman–Crippen MR) is 161 cm³/mol. The lowest BCUT2D eigenvalue weighted by Gasteiger charge is -2.29. The zero-order valence-corrected chi connectivity index (χ0v) is 26.0. The molecule has 0 unspecified atom stereocenters. The van der Waals surface area contributed by atoms with Gasteiger partial charge in [0.1, 0.15) is 5.60 Å². The number of aryl methyl sites for hydroxylation is 1. The van der Waals surface area contributed by atoms with Gasteiger partial charge in [-0.05, 0) is 52.5 Å². The van der Waals surface area contributed by atoms with Crippen LogP contribution in [-0.4, -0.2) is 88.3 Å². The second-order valence-corrected chi connectivity index (χ2v) is 13.7. The van der Waals surface area contributed by atoms with Crippen molar-refractivity contribution in [2.45, 2.75) is 69.5 Å². The van der Waals surface area contributed by atoms with Crippen LogP contribution in [0.4, 0.5) is 16.3 Å². The number of anilines is 1. The minimum absolute atomic E-state index is 0.141. The standard InChI is InChI=1S/C28H38N8O7S/c1-28(2,3)43-27(37)30-20-9-6-7-13-35(44(40,41)22-11-5-4-10-21(22)36(38)39)14-8-12-34-19-29-23-25(31-24(20)32-26(23)34)33-15-17-42-18-16-33/h4-5,10-11,19-20H,6-9,12-18H2,1-3H3,(H,30,37)/t20-/m0/s1. The summed E-state index contributed by atoms with van der Waals surface area (Å²) in [4.78, 5) is 40.1. The summed E-state index contributed by atoms with van der Waals surface area (Å²) >= 11 is 0. The molecule has 2 aliphatic heterocycles. The third-order valence-electron chi connectivity index (χ3n) is 7.41. The van der Waals surface area contributed by atoms with Gasteiger partial charge < -0.3 is 24.3 Å². The van der Waals surface area contributed by atoms with Crippen molar-refractivity contribution in [1.82, 2.24) is 29.1 Å². The van der Waals surface area contributed by atoms with Gasteiger partial charge in [-0.1, -0.05) is 12.1 Å². The molecule has 2 bridgehead atoms. The van der Waals surface area contributed by atoms with Gasteiger partial charge in [0.25, 0.3) is 5.69 Å². The number of para-hydroxylation sites is 1. The van der Waals surface area contributed by atoms with Gasteiger partial charge in [0.15, 0.2) is 27.7 Å². The molecule has 0 spiro atoms. The summed E-state index contributed by atoms with van der Waals surface area (Å²) in [6.45, 7) is 8.36. The van der Waals surface area contributed by atoms with Gasteiger partial charge in [-0.15, -0.1) is 0 Å². The van der Waals surface area contributed by atoms with E-state index in [9.17, 15) is 23.3 Å². The number of nitro groups is 1. The van der Waals surface area contributed by atoms with E-state index in [1.807, 2.05) is 4.57 Å². The monoisotopic (exact) mass is 630 g/mol. The number of fused-ring (bicyclic) bond motifs is 1. The molecule has 0 radical (unpaired) electrons. The molecule has 2 aromatic heterocycles. The summed E-state index contributed by atoms with van der Waals surface area (Å²) in [5.41, 5.74) is -0.00825. The highest BCUT2D eigenvalue weighted by Crippen LogP contribution is 2.30. The first-order valence-corrected chi connectivity index (χ1v) is 16.2. The van der Waals surface area contributed by atoms with Crippen molar-refractivity contribution in [3.8, 4) is 0 Å². The van der Waals surface area contributed by atoms with E-state index in [0.29, 0.717) is 81.3 Å². The molecule has 0 saturated carbocycles. The molecule has 15 nitrogen and oxygen atoms in total. The number of hydrogen-bond donors (Lipinski definition) is 1. The van der Waals surface area contributed by atoms with Crippen molar-refractivity contribution < 1.29 is 27.6 Å². The first kappa shape index (κ1) is 31.5. The summed E-state index contributed by atoms with van der Waals surface area (Å²) < 4.78 is 41.7. The van der Waals surface area contributed by atoms with Crippen molar-refractivity contribution in [2.75, 3.05) is 44.3 Å². The Morgan fingerprint density at radius 1 is 1.07 bits per heavy atom. The molecule has 4 heterocycles. The molecule has 44 heavy (non-hydrogen) atoms. The first-order chi connectivity index (χ1) is 20.9. The maximum absolute atomic E-state index is 13.7. The van der Waals surface area contributed by atoms with E-state index in [1.54, 1.807) is 27.1 Å². The number of carbonyl (C=O) groups is 1. The van der Waals surface area contributed by atoms with Crippen molar-refractivity contribution in [3.63, 3.8) is 0 Å². The number of nitro benzene ring substituents is 1. The Morgan fingerprint density at radius 2 is 1.80 bits per heavy atom. The van der Waals surface area contributed by atoms with Crippen molar-refractivity contribution in [1.29, 1.82) is 0 Å². The van der Waals surface area contributed by atoms with Crippen LogP contribution in [0.25, 0.3) is 11.2 Å². The van der Waals surface area contributed by atoms with Gasteiger partial charge in [0.2, 0.25) is 10.0 Å². The number of ether oxygens (including phenoxy) is 2. The molecular formula is C28H38N8O7S. The average molecular weight is 631 g/mol. The van der Waals surface area contributed by atoms with Crippen molar-refractivity contribution >= 4 is 38.8 Å². The summed E-state index contributed by atoms with van der Waals surface area (Å²) in [6.07, 6.45) is 2.81. The van der Waals surface area contributed by atoms with E-state index in [2.05, 4.69) is 15.2 Å². The van der Waals surface area contributed by atoms with Gasteiger partial charge in [-0.2, -0.15) is 4.31 Å². The number of carbonyl (C=O) groups excluding carboxylic acids is 1. The number of rotatable bonds is 5. The van der Waals surface area contributed by atoms with E-state index in [-0.39, 0.29) is 18.0 Å². The minimum Gasteiger partial charge on any atom is -0.444 e. The third-order valence-corrected chi connectivity index (χ3v) is 9.36. The first-order valence-electron chi connectivity index (χ1n) is 14.7. The van der Waals surface area contributed by atoms with E-state index < -0.39 is 38.4 Å². The number of sulfonamides is 1. The highest BCUT2D eigenvalue weighted by molar-refractivity contribution is 7.89. The molecular weight excluding hydrogens is 592 g/mol. The fraction of sp³-hybridized carbons (Fsp3) is 0.571. The number of benzene rings is 1.